The second-order valence-electron chi connectivity index (χ2n) is 8.87. The highest BCUT2D eigenvalue weighted by Gasteiger charge is 2.22. The molecule has 0 saturated carbocycles. The van der Waals surface area contributed by atoms with Crippen molar-refractivity contribution in [3.8, 4) is 23.2 Å². The van der Waals surface area contributed by atoms with Gasteiger partial charge in [-0.05, 0) is 42.5 Å². The summed E-state index contributed by atoms with van der Waals surface area (Å²) in [6, 6.07) is 13.9. The van der Waals surface area contributed by atoms with E-state index in [1.54, 1.807) is 30.0 Å². The van der Waals surface area contributed by atoms with Gasteiger partial charge in [-0.1, -0.05) is 20.8 Å². The Labute approximate surface area is 207 Å². The molecular formula is C25H26FN7O3. The molecule has 36 heavy (non-hydrogen) atoms. The molecule has 4 rings (SSSR count). The quantitative estimate of drug-likeness (QED) is 0.341. The fourth-order valence-electron chi connectivity index (χ4n) is 3.20. The lowest BCUT2D eigenvalue weighted by atomic mass is 9.92. The monoisotopic (exact) mass is 491 g/mol. The van der Waals surface area contributed by atoms with Crippen LogP contribution in [0.5, 0.6) is 17.5 Å². The van der Waals surface area contributed by atoms with Crippen LogP contribution >= 0.6 is 0 Å². The van der Waals surface area contributed by atoms with Gasteiger partial charge in [-0.15, -0.1) is 0 Å². The highest BCUT2D eigenvalue weighted by Crippen LogP contribution is 2.28. The van der Waals surface area contributed by atoms with Gasteiger partial charge in [0.15, 0.2) is 11.6 Å². The number of hydrogen-bond acceptors (Lipinski definition) is 7. The lowest BCUT2D eigenvalue weighted by Crippen LogP contribution is -2.21. The molecule has 0 bridgehead atoms. The number of benzene rings is 2. The number of nitrogen functional groups attached to an aromatic ring is 1. The van der Waals surface area contributed by atoms with Crippen LogP contribution in [0.4, 0.5) is 26.5 Å². The largest absolute Gasteiger partial charge is 0.497 e. The number of ether oxygens (including phenoxy) is 2. The number of methoxy groups -OCH3 is 1. The molecule has 0 fully saturated rings. The lowest BCUT2D eigenvalue weighted by Gasteiger charge is -2.14. The second-order valence-corrected chi connectivity index (χ2v) is 8.87. The van der Waals surface area contributed by atoms with Crippen molar-refractivity contribution in [2.24, 2.45) is 0 Å². The molecule has 2 aromatic heterocycles. The molecule has 11 heteroatoms. The molecule has 0 unspecified atom stereocenters. The molecule has 0 spiro atoms. The number of urea groups is 1. The number of carbonyl (C=O) groups excluding carboxylic acids is 1. The molecule has 2 heterocycles. The van der Waals surface area contributed by atoms with Crippen molar-refractivity contribution in [2.45, 2.75) is 26.2 Å². The van der Waals surface area contributed by atoms with E-state index >= 15 is 0 Å². The van der Waals surface area contributed by atoms with Crippen molar-refractivity contribution >= 4 is 23.4 Å². The van der Waals surface area contributed by atoms with Gasteiger partial charge >= 0.3 is 12.0 Å². The van der Waals surface area contributed by atoms with Crippen LogP contribution in [0.15, 0.2) is 60.8 Å². The molecule has 10 nitrogen and oxygen atoms in total. The predicted molar refractivity (Wildman–Crippen MR) is 134 cm³/mol. The number of carbonyl (C=O) groups is 1. The first kappa shape index (κ1) is 24.5. The van der Waals surface area contributed by atoms with E-state index in [9.17, 15) is 9.18 Å². The molecule has 0 aliphatic heterocycles. The molecule has 0 atom stereocenters. The normalized spacial score (nSPS) is 11.1. The SMILES string of the molecule is COc1ccc(-n2nc(C(C)(C)C)cc2NC(=O)Nc2ccc(Oc3nccc(N)n3)c(F)c2)cc1. The maximum atomic E-state index is 14.6. The van der Waals surface area contributed by atoms with Gasteiger partial charge in [0.1, 0.15) is 17.4 Å². The minimum absolute atomic E-state index is 0.0891. The van der Waals surface area contributed by atoms with Crippen LogP contribution in [0.1, 0.15) is 26.5 Å². The van der Waals surface area contributed by atoms with Gasteiger partial charge in [0, 0.05) is 29.4 Å². The fourth-order valence-corrected chi connectivity index (χ4v) is 3.20. The Morgan fingerprint density at radius 3 is 2.44 bits per heavy atom. The Balaban J connectivity index is 1.51. The summed E-state index contributed by atoms with van der Waals surface area (Å²) in [5, 5.41) is 10.1. The molecule has 0 aliphatic rings. The Hall–Kier alpha value is -4.67. The minimum Gasteiger partial charge on any atom is -0.497 e. The van der Waals surface area contributed by atoms with Crippen molar-refractivity contribution in [1.29, 1.82) is 0 Å². The van der Waals surface area contributed by atoms with E-state index in [-0.39, 0.29) is 28.7 Å². The summed E-state index contributed by atoms with van der Waals surface area (Å²) in [5.74, 6) is 0.516. The van der Waals surface area contributed by atoms with Gasteiger partial charge in [-0.25, -0.2) is 18.9 Å². The molecule has 186 valence electrons. The van der Waals surface area contributed by atoms with Crippen molar-refractivity contribution in [1.82, 2.24) is 19.7 Å². The summed E-state index contributed by atoms with van der Waals surface area (Å²) in [4.78, 5) is 20.5. The van der Waals surface area contributed by atoms with Crippen molar-refractivity contribution in [3.63, 3.8) is 0 Å². The molecule has 0 saturated heterocycles. The van der Waals surface area contributed by atoms with E-state index in [4.69, 9.17) is 15.2 Å². The van der Waals surface area contributed by atoms with E-state index in [1.807, 2.05) is 32.9 Å². The van der Waals surface area contributed by atoms with E-state index in [0.717, 1.165) is 17.4 Å². The third kappa shape index (κ3) is 5.69. The van der Waals surface area contributed by atoms with Crippen molar-refractivity contribution < 1.29 is 18.7 Å². The molecular weight excluding hydrogens is 465 g/mol. The summed E-state index contributed by atoms with van der Waals surface area (Å²) >= 11 is 0. The highest BCUT2D eigenvalue weighted by atomic mass is 19.1. The number of nitrogens with two attached hydrogens (primary N) is 1. The first-order valence-corrected chi connectivity index (χ1v) is 11.0. The average molecular weight is 492 g/mol. The molecule has 0 radical (unpaired) electrons. The lowest BCUT2D eigenvalue weighted by molar-refractivity contribution is 0.262. The van der Waals surface area contributed by atoms with E-state index in [2.05, 4.69) is 25.7 Å². The van der Waals surface area contributed by atoms with Gasteiger partial charge in [0.25, 0.3) is 0 Å². The van der Waals surface area contributed by atoms with Gasteiger partial charge in [-0.3, -0.25) is 5.32 Å². The number of anilines is 3. The number of aromatic nitrogens is 4. The van der Waals surface area contributed by atoms with Crippen LogP contribution in [0.25, 0.3) is 5.69 Å². The number of nitrogens with zero attached hydrogens (tertiary/aromatic N) is 4. The van der Waals surface area contributed by atoms with Crippen LogP contribution in [-0.4, -0.2) is 32.9 Å². The van der Waals surface area contributed by atoms with Crippen LogP contribution in [0.3, 0.4) is 0 Å². The molecule has 2 aromatic carbocycles. The standard InChI is InChI=1S/C25H26FN7O3/c1-25(2,3)20-14-22(33(32-20)16-6-8-17(35-4)9-7-16)31-23(34)29-15-5-10-19(18(26)13-15)36-24-28-12-11-21(27)30-24/h5-14H,1-4H3,(H2,27,28,30)(H2,29,31,34). The second kappa shape index (κ2) is 9.90. The van der Waals surface area contributed by atoms with Crippen LogP contribution in [0, 0.1) is 5.82 Å². The maximum absolute atomic E-state index is 14.6. The van der Waals surface area contributed by atoms with Crippen molar-refractivity contribution in [3.05, 3.63) is 72.3 Å². The number of amides is 2. The van der Waals surface area contributed by atoms with Crippen LogP contribution < -0.4 is 25.8 Å². The minimum atomic E-state index is -0.711. The third-order valence-corrected chi connectivity index (χ3v) is 5.08. The summed E-state index contributed by atoms with van der Waals surface area (Å²) in [6.45, 7) is 6.08. The van der Waals surface area contributed by atoms with E-state index in [1.165, 1.54) is 24.4 Å². The Bertz CT molecular complexity index is 1380. The molecule has 4 N–H and O–H groups in total. The molecule has 2 amide bonds. The Morgan fingerprint density at radius 2 is 1.81 bits per heavy atom. The van der Waals surface area contributed by atoms with Gasteiger partial charge in [0.2, 0.25) is 0 Å². The summed E-state index contributed by atoms with van der Waals surface area (Å²) in [7, 11) is 1.59. The number of halogens is 1. The van der Waals surface area contributed by atoms with Crippen molar-refractivity contribution in [2.75, 3.05) is 23.5 Å². The zero-order chi connectivity index (χ0) is 25.9. The Morgan fingerprint density at radius 1 is 1.06 bits per heavy atom. The van der Waals surface area contributed by atoms with E-state index in [0.29, 0.717) is 11.6 Å². The fraction of sp³-hybridized carbons (Fsp3) is 0.200. The molecule has 4 aromatic rings. The first-order valence-electron chi connectivity index (χ1n) is 11.0. The smallest absolute Gasteiger partial charge is 0.324 e. The van der Waals surface area contributed by atoms with Gasteiger partial charge in [-0.2, -0.15) is 10.1 Å². The number of nitrogens with one attached hydrogen (secondary N) is 2. The average Bonchev–Trinajstić information content (AvgIpc) is 3.25. The summed E-state index contributed by atoms with van der Waals surface area (Å²) < 4.78 is 26.8. The third-order valence-electron chi connectivity index (χ3n) is 5.08. The predicted octanol–water partition coefficient (Wildman–Crippen LogP) is 5.13. The highest BCUT2D eigenvalue weighted by molar-refractivity contribution is 5.99. The zero-order valence-corrected chi connectivity index (χ0v) is 20.2. The maximum Gasteiger partial charge on any atom is 0.324 e. The Kier molecular flexibility index (Phi) is 6.73. The van der Waals surface area contributed by atoms with Gasteiger partial charge < -0.3 is 20.5 Å². The summed E-state index contributed by atoms with van der Waals surface area (Å²) in [5.41, 5.74) is 7.07. The first-order chi connectivity index (χ1) is 17.1. The van der Waals surface area contributed by atoms with E-state index < -0.39 is 11.8 Å². The zero-order valence-electron chi connectivity index (χ0n) is 20.2. The van der Waals surface area contributed by atoms with Crippen LogP contribution in [-0.2, 0) is 5.41 Å². The topological polar surface area (TPSA) is 129 Å². The summed E-state index contributed by atoms with van der Waals surface area (Å²) in [6.07, 6.45) is 1.40. The van der Waals surface area contributed by atoms with Crippen LogP contribution in [0.2, 0.25) is 0 Å². The van der Waals surface area contributed by atoms with Gasteiger partial charge in [0.05, 0.1) is 18.5 Å². The number of rotatable bonds is 6. The number of hydrogen-bond donors (Lipinski definition) is 3. The molecule has 0 aliphatic carbocycles.